The first-order valence-corrected chi connectivity index (χ1v) is 11.3. The van der Waals surface area contributed by atoms with Gasteiger partial charge in [-0.05, 0) is 47.7 Å². The van der Waals surface area contributed by atoms with Crippen LogP contribution in [0.3, 0.4) is 0 Å². The Kier molecular flexibility index (Phi) is 4.80. The lowest BCUT2D eigenvalue weighted by Gasteiger charge is -2.40. The third-order valence-electron chi connectivity index (χ3n) is 6.50. The monoisotopic (exact) mass is 406 g/mol. The zero-order valence-corrected chi connectivity index (χ0v) is 17.9. The van der Waals surface area contributed by atoms with Crippen molar-refractivity contribution in [1.82, 2.24) is 4.57 Å². The molecule has 29 heavy (non-hydrogen) atoms. The Hall–Kier alpha value is -2.37. The summed E-state index contributed by atoms with van der Waals surface area (Å²) >= 11 is 1.86. The maximum atomic E-state index is 13.3. The van der Waals surface area contributed by atoms with E-state index in [2.05, 4.69) is 57.3 Å². The molecule has 1 unspecified atom stereocenters. The molecule has 1 saturated heterocycles. The summed E-state index contributed by atoms with van der Waals surface area (Å²) in [6.45, 7) is 4.28. The molecule has 2 aliphatic heterocycles. The molecule has 2 bridgehead atoms. The van der Waals surface area contributed by atoms with Gasteiger partial charge in [0.15, 0.2) is 0 Å². The molecule has 0 saturated carbocycles. The summed E-state index contributed by atoms with van der Waals surface area (Å²) in [5.74, 6) is 1.09. The number of anilines is 1. The van der Waals surface area contributed by atoms with E-state index in [1.54, 1.807) is 4.90 Å². The highest BCUT2D eigenvalue weighted by Gasteiger charge is 2.37. The Morgan fingerprint density at radius 1 is 1.10 bits per heavy atom. The van der Waals surface area contributed by atoms with E-state index in [4.69, 9.17) is 0 Å². The molecule has 2 aromatic heterocycles. The number of hydrogen-bond acceptors (Lipinski definition) is 3. The van der Waals surface area contributed by atoms with Gasteiger partial charge in [0, 0.05) is 49.4 Å². The number of nitrogens with zero attached hydrogens (tertiary/aromatic N) is 2. The SMILES string of the molecule is CN(C)c1ccc(-c2ccc3n(c2=O)C[C@H]2C[C@@H]3C[NH+](Cc3cccs3)C2)cc1. The summed E-state index contributed by atoms with van der Waals surface area (Å²) in [6, 6.07) is 16.9. The summed E-state index contributed by atoms with van der Waals surface area (Å²) in [4.78, 5) is 18.6. The van der Waals surface area contributed by atoms with Gasteiger partial charge in [0.2, 0.25) is 0 Å². The number of nitrogens with one attached hydrogen (secondary N) is 1. The van der Waals surface area contributed by atoms with Crippen molar-refractivity contribution in [2.24, 2.45) is 5.92 Å². The van der Waals surface area contributed by atoms with E-state index >= 15 is 0 Å². The van der Waals surface area contributed by atoms with Gasteiger partial charge in [-0.2, -0.15) is 0 Å². The first-order valence-electron chi connectivity index (χ1n) is 10.5. The van der Waals surface area contributed by atoms with Crippen molar-refractivity contribution in [2.75, 3.05) is 32.1 Å². The summed E-state index contributed by atoms with van der Waals surface area (Å²) in [6.07, 6.45) is 1.23. The molecule has 2 aliphatic rings. The predicted octanol–water partition coefficient (Wildman–Crippen LogP) is 2.85. The Balaban J connectivity index is 1.43. The normalized spacial score (nSPS) is 22.9. The number of quaternary nitrogens is 1. The number of rotatable bonds is 4. The van der Waals surface area contributed by atoms with E-state index in [-0.39, 0.29) is 5.56 Å². The number of piperidine rings is 1. The molecule has 4 nitrogen and oxygen atoms in total. The van der Waals surface area contributed by atoms with Gasteiger partial charge in [-0.15, -0.1) is 11.3 Å². The van der Waals surface area contributed by atoms with Gasteiger partial charge in [0.05, 0.1) is 18.0 Å². The number of benzene rings is 1. The predicted molar refractivity (Wildman–Crippen MR) is 120 cm³/mol. The molecule has 3 atom stereocenters. The van der Waals surface area contributed by atoms with Crippen molar-refractivity contribution in [3.05, 3.63) is 74.8 Å². The van der Waals surface area contributed by atoms with Crippen LogP contribution in [-0.4, -0.2) is 31.8 Å². The van der Waals surface area contributed by atoms with E-state index < -0.39 is 0 Å². The van der Waals surface area contributed by atoms with Gasteiger partial charge in [-0.25, -0.2) is 0 Å². The quantitative estimate of drug-likeness (QED) is 0.722. The van der Waals surface area contributed by atoms with Gasteiger partial charge in [-0.1, -0.05) is 18.2 Å². The second-order valence-corrected chi connectivity index (χ2v) is 9.77. The van der Waals surface area contributed by atoms with Crippen LogP contribution in [0, 0.1) is 5.92 Å². The molecule has 0 amide bonds. The Morgan fingerprint density at radius 2 is 1.93 bits per heavy atom. The van der Waals surface area contributed by atoms with E-state index in [1.165, 1.54) is 23.5 Å². The molecule has 5 rings (SSSR count). The molecular formula is C24H28N3OS+. The van der Waals surface area contributed by atoms with Crippen molar-refractivity contribution in [2.45, 2.75) is 25.4 Å². The van der Waals surface area contributed by atoms with Gasteiger partial charge in [0.1, 0.15) is 6.54 Å². The lowest BCUT2D eigenvalue weighted by Crippen LogP contribution is -3.13. The van der Waals surface area contributed by atoms with Gasteiger partial charge >= 0.3 is 0 Å². The molecule has 4 heterocycles. The van der Waals surface area contributed by atoms with E-state index in [9.17, 15) is 4.79 Å². The highest BCUT2D eigenvalue weighted by molar-refractivity contribution is 7.09. The fraction of sp³-hybridized carbons (Fsp3) is 0.375. The van der Waals surface area contributed by atoms with Gasteiger partial charge < -0.3 is 14.4 Å². The van der Waals surface area contributed by atoms with Crippen LogP contribution in [0.25, 0.3) is 11.1 Å². The fourth-order valence-electron chi connectivity index (χ4n) is 5.13. The molecule has 150 valence electrons. The lowest BCUT2D eigenvalue weighted by molar-refractivity contribution is -0.924. The second kappa shape index (κ2) is 7.47. The largest absolute Gasteiger partial charge is 0.378 e. The Labute approximate surface area is 176 Å². The van der Waals surface area contributed by atoms with Crippen LogP contribution >= 0.6 is 11.3 Å². The number of pyridine rings is 1. The third kappa shape index (κ3) is 3.53. The van der Waals surface area contributed by atoms with Crippen molar-refractivity contribution < 1.29 is 4.90 Å². The second-order valence-electron chi connectivity index (χ2n) is 8.74. The van der Waals surface area contributed by atoms with Crippen LogP contribution in [0.2, 0.25) is 0 Å². The average Bonchev–Trinajstić information content (AvgIpc) is 3.22. The van der Waals surface area contributed by atoms with E-state index in [0.717, 1.165) is 36.4 Å². The highest BCUT2D eigenvalue weighted by Crippen LogP contribution is 2.32. The van der Waals surface area contributed by atoms with Crippen LogP contribution in [0.15, 0.2) is 58.7 Å². The number of fused-ring (bicyclic) bond motifs is 4. The van der Waals surface area contributed by atoms with Crippen LogP contribution < -0.4 is 15.4 Å². The highest BCUT2D eigenvalue weighted by atomic mass is 32.1. The topological polar surface area (TPSA) is 29.7 Å². The third-order valence-corrected chi connectivity index (χ3v) is 7.37. The first kappa shape index (κ1) is 18.6. The molecule has 0 spiro atoms. The summed E-state index contributed by atoms with van der Waals surface area (Å²) in [5.41, 5.74) is 4.40. The Bertz CT molecular complexity index is 1050. The maximum Gasteiger partial charge on any atom is 0.258 e. The first-order chi connectivity index (χ1) is 14.1. The molecule has 0 radical (unpaired) electrons. The molecule has 1 aromatic carbocycles. The molecule has 1 N–H and O–H groups in total. The smallest absolute Gasteiger partial charge is 0.258 e. The molecular weight excluding hydrogens is 378 g/mol. The summed E-state index contributed by atoms with van der Waals surface area (Å²) in [7, 11) is 4.07. The van der Waals surface area contributed by atoms with Gasteiger partial charge in [0.25, 0.3) is 5.56 Å². The molecule has 3 aromatic rings. The standard InChI is InChI=1S/C24H27N3OS/c1-25(2)20-7-5-18(6-8-20)22-9-10-23-19-12-17(14-27(23)24(22)28)13-26(15-19)16-21-4-3-11-29-21/h3-11,17,19H,12-16H2,1-2H3/p+1/t17-,19+/m0/s1. The van der Waals surface area contributed by atoms with Crippen LogP contribution in [0.1, 0.15) is 22.9 Å². The van der Waals surface area contributed by atoms with Crippen molar-refractivity contribution >= 4 is 17.0 Å². The van der Waals surface area contributed by atoms with Crippen LogP contribution in [-0.2, 0) is 13.1 Å². The maximum absolute atomic E-state index is 13.3. The van der Waals surface area contributed by atoms with Crippen molar-refractivity contribution in [1.29, 1.82) is 0 Å². The number of likely N-dealkylation sites (tertiary alicyclic amines) is 1. The van der Waals surface area contributed by atoms with E-state index in [0.29, 0.717) is 11.8 Å². The number of thiophene rings is 1. The zero-order valence-electron chi connectivity index (χ0n) is 17.1. The summed E-state index contributed by atoms with van der Waals surface area (Å²) in [5, 5.41) is 2.17. The average molecular weight is 407 g/mol. The molecule has 0 aliphatic carbocycles. The Morgan fingerprint density at radius 3 is 2.66 bits per heavy atom. The van der Waals surface area contributed by atoms with Crippen LogP contribution in [0.5, 0.6) is 0 Å². The fourth-order valence-corrected chi connectivity index (χ4v) is 5.91. The minimum Gasteiger partial charge on any atom is -0.378 e. The minimum absolute atomic E-state index is 0.177. The van der Waals surface area contributed by atoms with E-state index in [1.807, 2.05) is 31.5 Å². The lowest BCUT2D eigenvalue weighted by atomic mass is 9.82. The zero-order chi connectivity index (χ0) is 20.0. The van der Waals surface area contributed by atoms with Gasteiger partial charge in [-0.3, -0.25) is 4.79 Å². The summed E-state index contributed by atoms with van der Waals surface area (Å²) < 4.78 is 2.08. The minimum atomic E-state index is 0.177. The van der Waals surface area contributed by atoms with Crippen molar-refractivity contribution in [3.8, 4) is 11.1 Å². The molecule has 1 fully saturated rings. The van der Waals surface area contributed by atoms with Crippen molar-refractivity contribution in [3.63, 3.8) is 0 Å². The number of hydrogen-bond donors (Lipinski definition) is 1. The number of aromatic nitrogens is 1. The van der Waals surface area contributed by atoms with Crippen LogP contribution in [0.4, 0.5) is 5.69 Å². The molecule has 5 heteroatoms.